The maximum atomic E-state index is 12.2. The first-order chi connectivity index (χ1) is 10.5. The van der Waals surface area contributed by atoms with Crippen LogP contribution in [0, 0.1) is 3.57 Å². The van der Waals surface area contributed by atoms with Gasteiger partial charge >= 0.3 is 0 Å². The number of halogens is 1. The Kier molecular flexibility index (Phi) is 5.54. The summed E-state index contributed by atoms with van der Waals surface area (Å²) in [5.74, 6) is -0.0854. The topological polar surface area (TPSA) is 49.4 Å². The summed E-state index contributed by atoms with van der Waals surface area (Å²) < 4.78 is 0.908. The van der Waals surface area contributed by atoms with E-state index in [1.165, 1.54) is 0 Å². The molecular formula is C17H17IN2O2. The Morgan fingerprint density at radius 3 is 2.27 bits per heavy atom. The number of benzene rings is 2. The Morgan fingerprint density at radius 2 is 1.68 bits per heavy atom. The van der Waals surface area contributed by atoms with Crippen molar-refractivity contribution in [2.45, 2.75) is 6.42 Å². The summed E-state index contributed by atoms with van der Waals surface area (Å²) in [5, 5.41) is 2.86. The largest absolute Gasteiger partial charge is 0.349 e. The summed E-state index contributed by atoms with van der Waals surface area (Å²) in [4.78, 5) is 25.4. The first-order valence-corrected chi connectivity index (χ1v) is 7.90. The molecule has 4 nitrogen and oxygen atoms in total. The Bertz CT molecular complexity index is 681. The smallest absolute Gasteiger partial charge is 0.256 e. The van der Waals surface area contributed by atoms with Crippen LogP contribution in [0.25, 0.3) is 0 Å². The van der Waals surface area contributed by atoms with E-state index in [-0.39, 0.29) is 11.8 Å². The third kappa shape index (κ3) is 4.30. The lowest BCUT2D eigenvalue weighted by atomic mass is 10.1. The van der Waals surface area contributed by atoms with Gasteiger partial charge in [-0.1, -0.05) is 24.3 Å². The van der Waals surface area contributed by atoms with Gasteiger partial charge in [-0.05, 0) is 52.4 Å². The molecule has 0 saturated heterocycles. The number of hydrogen-bond acceptors (Lipinski definition) is 2. The number of carbonyl (C=O) groups is 2. The minimum atomic E-state index is -0.137. The first kappa shape index (κ1) is 16.5. The van der Waals surface area contributed by atoms with E-state index in [0.29, 0.717) is 17.7 Å². The first-order valence-electron chi connectivity index (χ1n) is 6.82. The summed E-state index contributed by atoms with van der Waals surface area (Å²) in [6.45, 7) is 0. The molecule has 2 rings (SSSR count). The molecule has 22 heavy (non-hydrogen) atoms. The fourth-order valence-electron chi connectivity index (χ4n) is 1.88. The van der Waals surface area contributed by atoms with Crippen LogP contribution < -0.4 is 5.32 Å². The van der Waals surface area contributed by atoms with Crippen LogP contribution in [0.4, 0.5) is 5.69 Å². The van der Waals surface area contributed by atoms with Gasteiger partial charge in [0.05, 0.1) is 12.0 Å². The molecule has 2 amide bonds. The highest BCUT2D eigenvalue weighted by atomic mass is 127. The predicted molar refractivity (Wildman–Crippen MR) is 96.0 cm³/mol. The Hall–Kier alpha value is -1.89. The fraction of sp³-hybridized carbons (Fsp3) is 0.176. The van der Waals surface area contributed by atoms with Crippen LogP contribution in [0.2, 0.25) is 0 Å². The number of amides is 2. The molecule has 0 atom stereocenters. The molecule has 0 radical (unpaired) electrons. The SMILES string of the molecule is CN(C)C(=O)Cc1ccc(NC(=O)c2ccccc2I)cc1. The Labute approximate surface area is 143 Å². The van der Waals surface area contributed by atoms with Crippen molar-refractivity contribution in [3.63, 3.8) is 0 Å². The fourth-order valence-corrected chi connectivity index (χ4v) is 2.51. The standard InChI is InChI=1S/C17H17IN2O2/c1-20(2)16(21)11-12-7-9-13(10-8-12)19-17(22)14-5-3-4-6-15(14)18/h3-10H,11H2,1-2H3,(H,19,22). The normalized spacial score (nSPS) is 10.1. The van der Waals surface area contributed by atoms with E-state index in [4.69, 9.17) is 0 Å². The van der Waals surface area contributed by atoms with Crippen LogP contribution >= 0.6 is 22.6 Å². The summed E-state index contributed by atoms with van der Waals surface area (Å²) >= 11 is 2.14. The van der Waals surface area contributed by atoms with Crippen LogP contribution in [-0.4, -0.2) is 30.8 Å². The van der Waals surface area contributed by atoms with E-state index in [9.17, 15) is 9.59 Å². The number of hydrogen-bond donors (Lipinski definition) is 1. The van der Waals surface area contributed by atoms with E-state index < -0.39 is 0 Å². The van der Waals surface area contributed by atoms with Crippen LogP contribution in [0.5, 0.6) is 0 Å². The molecule has 0 bridgehead atoms. The van der Waals surface area contributed by atoms with Crippen molar-refractivity contribution < 1.29 is 9.59 Å². The highest BCUT2D eigenvalue weighted by molar-refractivity contribution is 14.1. The second-order valence-electron chi connectivity index (χ2n) is 5.10. The van der Waals surface area contributed by atoms with Crippen molar-refractivity contribution in [3.05, 3.63) is 63.2 Å². The lowest BCUT2D eigenvalue weighted by Crippen LogP contribution is -2.23. The molecule has 114 valence electrons. The summed E-state index contributed by atoms with van der Waals surface area (Å²) in [6, 6.07) is 14.8. The van der Waals surface area contributed by atoms with Crippen LogP contribution in [0.15, 0.2) is 48.5 Å². The molecule has 0 unspecified atom stereocenters. The van der Waals surface area contributed by atoms with Gasteiger partial charge in [-0.25, -0.2) is 0 Å². The van der Waals surface area contributed by atoms with Gasteiger partial charge in [-0.15, -0.1) is 0 Å². The molecule has 0 aromatic heterocycles. The van der Waals surface area contributed by atoms with Gasteiger partial charge < -0.3 is 10.2 Å². The van der Waals surface area contributed by atoms with Gasteiger partial charge in [0.15, 0.2) is 0 Å². The van der Waals surface area contributed by atoms with Crippen LogP contribution in [0.1, 0.15) is 15.9 Å². The van der Waals surface area contributed by atoms with E-state index in [1.54, 1.807) is 25.1 Å². The van der Waals surface area contributed by atoms with Gasteiger partial charge in [0.25, 0.3) is 5.91 Å². The van der Waals surface area contributed by atoms with Crippen molar-refractivity contribution in [2.24, 2.45) is 0 Å². The quantitative estimate of drug-likeness (QED) is 0.791. The molecule has 0 saturated carbocycles. The maximum absolute atomic E-state index is 12.2. The van der Waals surface area contributed by atoms with Gasteiger partial charge in [0.1, 0.15) is 0 Å². The van der Waals surface area contributed by atoms with Crippen molar-refractivity contribution in [3.8, 4) is 0 Å². The molecule has 2 aromatic rings. The molecule has 2 aromatic carbocycles. The lowest BCUT2D eigenvalue weighted by Gasteiger charge is -2.11. The average molecular weight is 408 g/mol. The third-order valence-electron chi connectivity index (χ3n) is 3.18. The number of carbonyl (C=O) groups excluding carboxylic acids is 2. The lowest BCUT2D eigenvalue weighted by molar-refractivity contribution is -0.127. The molecule has 0 heterocycles. The Morgan fingerprint density at radius 1 is 1.05 bits per heavy atom. The Balaban J connectivity index is 2.04. The predicted octanol–water partition coefficient (Wildman–Crippen LogP) is 3.17. The van der Waals surface area contributed by atoms with E-state index in [2.05, 4.69) is 27.9 Å². The monoisotopic (exact) mass is 408 g/mol. The second kappa shape index (κ2) is 7.40. The highest BCUT2D eigenvalue weighted by Gasteiger charge is 2.10. The van der Waals surface area contributed by atoms with Gasteiger partial charge in [-0.2, -0.15) is 0 Å². The maximum Gasteiger partial charge on any atom is 0.256 e. The van der Waals surface area contributed by atoms with E-state index in [1.807, 2.05) is 42.5 Å². The zero-order valence-corrected chi connectivity index (χ0v) is 14.6. The van der Waals surface area contributed by atoms with Crippen LogP contribution in [0.3, 0.4) is 0 Å². The number of nitrogens with one attached hydrogen (secondary N) is 1. The highest BCUT2D eigenvalue weighted by Crippen LogP contribution is 2.15. The summed E-state index contributed by atoms with van der Waals surface area (Å²) in [5.41, 5.74) is 2.28. The van der Waals surface area contributed by atoms with Gasteiger partial charge in [0, 0.05) is 23.4 Å². The van der Waals surface area contributed by atoms with Crippen molar-refractivity contribution in [2.75, 3.05) is 19.4 Å². The third-order valence-corrected chi connectivity index (χ3v) is 4.13. The van der Waals surface area contributed by atoms with Crippen molar-refractivity contribution >= 4 is 40.1 Å². The second-order valence-corrected chi connectivity index (χ2v) is 6.26. The van der Waals surface area contributed by atoms with Crippen LogP contribution in [-0.2, 0) is 11.2 Å². The average Bonchev–Trinajstić information content (AvgIpc) is 2.49. The molecule has 0 aliphatic carbocycles. The zero-order chi connectivity index (χ0) is 16.1. The molecule has 0 fully saturated rings. The molecule has 1 N–H and O–H groups in total. The van der Waals surface area contributed by atoms with Crippen molar-refractivity contribution in [1.29, 1.82) is 0 Å². The summed E-state index contributed by atoms with van der Waals surface area (Å²) in [7, 11) is 3.47. The molecule has 0 aliphatic heterocycles. The molecule has 5 heteroatoms. The number of rotatable bonds is 4. The number of nitrogens with zero attached hydrogens (tertiary/aromatic N) is 1. The number of anilines is 1. The van der Waals surface area contributed by atoms with Gasteiger partial charge in [0.2, 0.25) is 5.91 Å². The van der Waals surface area contributed by atoms with E-state index in [0.717, 1.165) is 9.13 Å². The summed E-state index contributed by atoms with van der Waals surface area (Å²) in [6.07, 6.45) is 0.359. The van der Waals surface area contributed by atoms with Crippen molar-refractivity contribution in [1.82, 2.24) is 4.90 Å². The minimum Gasteiger partial charge on any atom is -0.349 e. The molecule has 0 aliphatic rings. The minimum absolute atomic E-state index is 0.0515. The van der Waals surface area contributed by atoms with Gasteiger partial charge in [-0.3, -0.25) is 9.59 Å². The molecule has 0 spiro atoms. The molecular weight excluding hydrogens is 391 g/mol. The van der Waals surface area contributed by atoms with E-state index >= 15 is 0 Å². The zero-order valence-electron chi connectivity index (χ0n) is 12.5. The number of likely N-dealkylation sites (N-methyl/N-ethyl adjacent to an activating group) is 1.